The first kappa shape index (κ1) is 17.0. The Labute approximate surface area is 137 Å². The zero-order valence-corrected chi connectivity index (χ0v) is 14.2. The van der Waals surface area contributed by atoms with E-state index in [9.17, 15) is 13.2 Å². The van der Waals surface area contributed by atoms with Gasteiger partial charge in [0.2, 0.25) is 5.91 Å². The van der Waals surface area contributed by atoms with E-state index in [0.29, 0.717) is 11.4 Å². The lowest BCUT2D eigenvalue weighted by molar-refractivity contribution is -0.118. The number of anilines is 2. The second-order valence-electron chi connectivity index (χ2n) is 5.48. The Morgan fingerprint density at radius 1 is 1.04 bits per heavy atom. The summed E-state index contributed by atoms with van der Waals surface area (Å²) < 4.78 is 26.7. The minimum absolute atomic E-state index is 0.130. The van der Waals surface area contributed by atoms with Crippen molar-refractivity contribution < 1.29 is 13.2 Å². The van der Waals surface area contributed by atoms with E-state index in [2.05, 4.69) is 5.32 Å². The van der Waals surface area contributed by atoms with E-state index in [-0.39, 0.29) is 16.7 Å². The number of sulfonamides is 1. The van der Waals surface area contributed by atoms with E-state index in [1.165, 1.54) is 23.5 Å². The second kappa shape index (κ2) is 6.83. The Balaban J connectivity index is 2.32. The molecule has 0 bridgehead atoms. The van der Waals surface area contributed by atoms with Crippen molar-refractivity contribution in [3.63, 3.8) is 0 Å². The number of hydrogen-bond donors (Lipinski definition) is 1. The number of carbonyl (C=O) groups is 1. The van der Waals surface area contributed by atoms with Gasteiger partial charge in [-0.25, -0.2) is 8.42 Å². The molecule has 0 saturated heterocycles. The first-order valence-corrected chi connectivity index (χ1v) is 8.71. The summed E-state index contributed by atoms with van der Waals surface area (Å²) in [4.78, 5) is 11.9. The van der Waals surface area contributed by atoms with Crippen LogP contribution in [0, 0.1) is 5.92 Å². The van der Waals surface area contributed by atoms with Gasteiger partial charge in [-0.05, 0) is 30.3 Å². The topological polar surface area (TPSA) is 66.5 Å². The number of nitrogens with zero attached hydrogens (tertiary/aromatic N) is 1. The first-order chi connectivity index (χ1) is 10.8. The van der Waals surface area contributed by atoms with E-state index in [0.717, 1.165) is 0 Å². The third-order valence-corrected chi connectivity index (χ3v) is 5.19. The minimum atomic E-state index is -3.69. The molecule has 0 heterocycles. The van der Waals surface area contributed by atoms with Gasteiger partial charge in [0.05, 0.1) is 10.6 Å². The molecule has 2 aromatic rings. The quantitative estimate of drug-likeness (QED) is 0.915. The van der Waals surface area contributed by atoms with Gasteiger partial charge in [0.25, 0.3) is 10.0 Å². The van der Waals surface area contributed by atoms with Crippen LogP contribution in [-0.2, 0) is 14.8 Å². The summed E-state index contributed by atoms with van der Waals surface area (Å²) >= 11 is 0. The van der Waals surface area contributed by atoms with Crippen LogP contribution in [0.25, 0.3) is 0 Å². The molecule has 0 aliphatic rings. The lowest BCUT2D eigenvalue weighted by Gasteiger charge is -2.20. The molecule has 1 N–H and O–H groups in total. The second-order valence-corrected chi connectivity index (χ2v) is 7.45. The number of rotatable bonds is 5. The highest BCUT2D eigenvalue weighted by molar-refractivity contribution is 7.92. The molecule has 5 nitrogen and oxygen atoms in total. The number of carbonyl (C=O) groups excluding carboxylic acids is 1. The molecule has 0 fully saturated rings. The Bertz CT molecular complexity index is 786. The molecule has 2 aromatic carbocycles. The van der Waals surface area contributed by atoms with Gasteiger partial charge < -0.3 is 5.32 Å². The van der Waals surface area contributed by atoms with Crippen LogP contribution < -0.4 is 9.62 Å². The van der Waals surface area contributed by atoms with Gasteiger partial charge in [0.1, 0.15) is 0 Å². The van der Waals surface area contributed by atoms with Crippen LogP contribution in [0.3, 0.4) is 0 Å². The molecule has 0 aliphatic carbocycles. The highest BCUT2D eigenvalue weighted by atomic mass is 32.2. The van der Waals surface area contributed by atoms with Crippen molar-refractivity contribution >= 4 is 27.3 Å². The molecule has 0 spiro atoms. The Morgan fingerprint density at radius 2 is 1.70 bits per heavy atom. The van der Waals surface area contributed by atoms with E-state index >= 15 is 0 Å². The number of nitrogens with one attached hydrogen (secondary N) is 1. The zero-order chi connectivity index (χ0) is 17.0. The monoisotopic (exact) mass is 332 g/mol. The molecule has 0 atom stereocenters. The van der Waals surface area contributed by atoms with Crippen molar-refractivity contribution in [1.82, 2.24) is 0 Å². The predicted molar refractivity (Wildman–Crippen MR) is 91.9 cm³/mol. The third kappa shape index (κ3) is 3.90. The van der Waals surface area contributed by atoms with Crippen molar-refractivity contribution in [2.45, 2.75) is 18.7 Å². The summed E-state index contributed by atoms with van der Waals surface area (Å²) in [6, 6.07) is 15.1. The van der Waals surface area contributed by atoms with Crippen molar-refractivity contribution in [2.75, 3.05) is 16.7 Å². The summed E-state index contributed by atoms with van der Waals surface area (Å²) in [7, 11) is -2.18. The standard InChI is InChI=1S/C17H20N2O3S/c1-13(2)17(20)18-14-8-7-11-16(12-14)23(21,22)19(3)15-9-5-4-6-10-15/h4-13H,1-3H3,(H,18,20). The summed E-state index contributed by atoms with van der Waals surface area (Å²) in [6.45, 7) is 3.55. The van der Waals surface area contributed by atoms with Gasteiger partial charge in [-0.3, -0.25) is 9.10 Å². The van der Waals surface area contributed by atoms with Crippen LogP contribution in [-0.4, -0.2) is 21.4 Å². The molecule has 6 heteroatoms. The summed E-state index contributed by atoms with van der Waals surface area (Å²) in [6.07, 6.45) is 0. The third-order valence-electron chi connectivity index (χ3n) is 3.40. The van der Waals surface area contributed by atoms with Crippen LogP contribution in [0.5, 0.6) is 0 Å². The normalized spacial score (nSPS) is 11.3. The largest absolute Gasteiger partial charge is 0.326 e. The Hall–Kier alpha value is -2.34. The number of hydrogen-bond acceptors (Lipinski definition) is 3. The van der Waals surface area contributed by atoms with Crippen molar-refractivity contribution in [2.24, 2.45) is 5.92 Å². The van der Waals surface area contributed by atoms with Gasteiger partial charge in [0.15, 0.2) is 0 Å². The minimum Gasteiger partial charge on any atom is -0.326 e. The molecule has 0 unspecified atom stereocenters. The number of para-hydroxylation sites is 1. The molecule has 0 saturated carbocycles. The molecule has 23 heavy (non-hydrogen) atoms. The highest BCUT2D eigenvalue weighted by Gasteiger charge is 2.21. The predicted octanol–water partition coefficient (Wildman–Crippen LogP) is 3.11. The van der Waals surface area contributed by atoms with Crippen LogP contribution in [0.4, 0.5) is 11.4 Å². The lowest BCUT2D eigenvalue weighted by Crippen LogP contribution is -2.26. The van der Waals surface area contributed by atoms with Gasteiger partial charge in [-0.2, -0.15) is 0 Å². The van der Waals surface area contributed by atoms with Crippen LogP contribution in [0.1, 0.15) is 13.8 Å². The number of benzene rings is 2. The van der Waals surface area contributed by atoms with Crippen LogP contribution >= 0.6 is 0 Å². The smallest absolute Gasteiger partial charge is 0.264 e. The molecule has 2 rings (SSSR count). The Morgan fingerprint density at radius 3 is 2.30 bits per heavy atom. The van der Waals surface area contributed by atoms with Crippen molar-refractivity contribution in [3.8, 4) is 0 Å². The van der Waals surface area contributed by atoms with E-state index in [1.807, 2.05) is 6.07 Å². The number of amides is 1. The van der Waals surface area contributed by atoms with Gasteiger partial charge in [0, 0.05) is 18.7 Å². The van der Waals surface area contributed by atoms with E-state index in [1.54, 1.807) is 50.2 Å². The van der Waals surface area contributed by atoms with E-state index < -0.39 is 10.0 Å². The van der Waals surface area contributed by atoms with Crippen molar-refractivity contribution in [1.29, 1.82) is 0 Å². The maximum atomic E-state index is 12.7. The summed E-state index contributed by atoms with van der Waals surface area (Å²) in [5.41, 5.74) is 1.04. The molecule has 122 valence electrons. The molecule has 0 aliphatic heterocycles. The first-order valence-electron chi connectivity index (χ1n) is 7.27. The van der Waals surface area contributed by atoms with Crippen LogP contribution in [0.15, 0.2) is 59.5 Å². The highest BCUT2D eigenvalue weighted by Crippen LogP contribution is 2.23. The van der Waals surface area contributed by atoms with E-state index in [4.69, 9.17) is 0 Å². The van der Waals surface area contributed by atoms with Gasteiger partial charge in [-0.1, -0.05) is 38.1 Å². The van der Waals surface area contributed by atoms with Gasteiger partial charge in [-0.15, -0.1) is 0 Å². The fraction of sp³-hybridized carbons (Fsp3) is 0.235. The Kier molecular flexibility index (Phi) is 5.05. The average molecular weight is 332 g/mol. The van der Waals surface area contributed by atoms with Crippen molar-refractivity contribution in [3.05, 3.63) is 54.6 Å². The summed E-state index contributed by atoms with van der Waals surface area (Å²) in [5, 5.41) is 2.71. The molecular weight excluding hydrogens is 312 g/mol. The molecule has 0 radical (unpaired) electrons. The SMILES string of the molecule is CC(C)C(=O)Nc1cccc(S(=O)(=O)N(C)c2ccccc2)c1. The fourth-order valence-corrected chi connectivity index (χ4v) is 3.20. The molecule has 0 aromatic heterocycles. The maximum absolute atomic E-state index is 12.7. The molecule has 1 amide bonds. The average Bonchev–Trinajstić information content (AvgIpc) is 2.55. The zero-order valence-electron chi connectivity index (χ0n) is 13.4. The fourth-order valence-electron chi connectivity index (χ4n) is 1.96. The van der Waals surface area contributed by atoms with Gasteiger partial charge >= 0.3 is 0 Å². The lowest BCUT2D eigenvalue weighted by atomic mass is 10.2. The van der Waals surface area contributed by atoms with Crippen LogP contribution in [0.2, 0.25) is 0 Å². The summed E-state index contributed by atoms with van der Waals surface area (Å²) in [5.74, 6) is -0.335. The maximum Gasteiger partial charge on any atom is 0.264 e. The molecular formula is C17H20N2O3S.